The van der Waals surface area contributed by atoms with Crippen LogP contribution < -0.4 is 10.1 Å². The summed E-state index contributed by atoms with van der Waals surface area (Å²) >= 11 is 1.56. The lowest BCUT2D eigenvalue weighted by Crippen LogP contribution is -2.12. The summed E-state index contributed by atoms with van der Waals surface area (Å²) in [5.74, 6) is 2.20. The quantitative estimate of drug-likeness (QED) is 0.511. The van der Waals surface area contributed by atoms with Gasteiger partial charge in [0, 0.05) is 11.6 Å². The monoisotopic (exact) mass is 382 g/mol. The molecule has 0 atom stereocenters. The van der Waals surface area contributed by atoms with Gasteiger partial charge in [-0.3, -0.25) is 0 Å². The van der Waals surface area contributed by atoms with E-state index in [9.17, 15) is 0 Å². The summed E-state index contributed by atoms with van der Waals surface area (Å²) in [7, 11) is 4.21. The minimum absolute atomic E-state index is 0.685. The molecule has 0 amide bonds. The van der Waals surface area contributed by atoms with E-state index in [0.29, 0.717) is 5.82 Å². The van der Waals surface area contributed by atoms with Crippen LogP contribution in [0, 0.1) is 6.92 Å². The maximum Gasteiger partial charge on any atom is 0.188 e. The molecule has 0 aliphatic carbocycles. The first kappa shape index (κ1) is 19.3. The fourth-order valence-corrected chi connectivity index (χ4v) is 3.37. The lowest BCUT2D eigenvalue weighted by atomic mass is 10.1. The molecule has 6 heteroatoms. The standard InChI is InChI=1S/C21H26N4OS/c1-16-15-27-21(23-16)24-20-19(26-18-10-5-4-6-11-18)13-17(14-22-20)9-7-8-12-25(2)3/h4-6,10-11,13-15H,7-9,12H2,1-3H3,(H,22,23,24). The summed E-state index contributed by atoms with van der Waals surface area (Å²) in [4.78, 5) is 11.3. The van der Waals surface area contributed by atoms with E-state index in [0.717, 1.165) is 41.7 Å². The number of anilines is 2. The second-order valence-corrected chi connectivity index (χ2v) is 7.64. The Morgan fingerprint density at radius 2 is 1.96 bits per heavy atom. The molecule has 0 aliphatic rings. The number of pyridine rings is 1. The number of unbranched alkanes of at least 4 members (excludes halogenated alkanes) is 1. The Labute approximate surface area is 165 Å². The third-order valence-electron chi connectivity index (χ3n) is 4.05. The molecular weight excluding hydrogens is 356 g/mol. The van der Waals surface area contributed by atoms with Crippen LogP contribution in [0.15, 0.2) is 48.0 Å². The molecule has 0 aliphatic heterocycles. The Morgan fingerprint density at radius 1 is 1.15 bits per heavy atom. The first-order valence-electron chi connectivity index (χ1n) is 9.16. The van der Waals surface area contributed by atoms with Gasteiger partial charge in [-0.05, 0) is 70.6 Å². The third kappa shape index (κ3) is 6.05. The second kappa shape index (κ2) is 9.48. The van der Waals surface area contributed by atoms with Crippen LogP contribution in [0.25, 0.3) is 0 Å². The normalized spacial score (nSPS) is 11.0. The number of aryl methyl sites for hydroxylation is 2. The smallest absolute Gasteiger partial charge is 0.188 e. The predicted octanol–water partition coefficient (Wildman–Crippen LogP) is 5.27. The molecule has 3 aromatic rings. The molecule has 27 heavy (non-hydrogen) atoms. The molecule has 0 unspecified atom stereocenters. The van der Waals surface area contributed by atoms with Gasteiger partial charge in [-0.15, -0.1) is 11.3 Å². The highest BCUT2D eigenvalue weighted by Gasteiger charge is 2.11. The molecule has 0 spiro atoms. The van der Waals surface area contributed by atoms with Crippen LogP contribution in [-0.2, 0) is 6.42 Å². The van der Waals surface area contributed by atoms with Crippen LogP contribution in [0.1, 0.15) is 24.1 Å². The van der Waals surface area contributed by atoms with Gasteiger partial charge in [-0.2, -0.15) is 0 Å². The summed E-state index contributed by atoms with van der Waals surface area (Å²) in [6.07, 6.45) is 5.21. The van der Waals surface area contributed by atoms with Crippen molar-refractivity contribution in [1.82, 2.24) is 14.9 Å². The van der Waals surface area contributed by atoms with E-state index < -0.39 is 0 Å². The van der Waals surface area contributed by atoms with E-state index in [2.05, 4.69) is 40.3 Å². The lowest BCUT2D eigenvalue weighted by Gasteiger charge is -2.13. The van der Waals surface area contributed by atoms with Gasteiger partial charge in [0.25, 0.3) is 0 Å². The largest absolute Gasteiger partial charge is 0.453 e. The number of hydrogen-bond acceptors (Lipinski definition) is 6. The topological polar surface area (TPSA) is 50.3 Å². The number of para-hydroxylation sites is 1. The van der Waals surface area contributed by atoms with Crippen LogP contribution in [-0.4, -0.2) is 35.5 Å². The Bertz CT molecular complexity index is 848. The van der Waals surface area contributed by atoms with Gasteiger partial charge in [0.05, 0.1) is 5.69 Å². The first-order chi connectivity index (χ1) is 13.1. The fraction of sp³-hybridized carbons (Fsp3) is 0.333. The number of ether oxygens (including phenoxy) is 1. The average molecular weight is 383 g/mol. The number of nitrogens with zero attached hydrogens (tertiary/aromatic N) is 3. The van der Waals surface area contributed by atoms with Gasteiger partial charge in [-0.1, -0.05) is 18.2 Å². The van der Waals surface area contributed by atoms with E-state index in [-0.39, 0.29) is 0 Å². The van der Waals surface area contributed by atoms with E-state index >= 15 is 0 Å². The Morgan fingerprint density at radius 3 is 2.67 bits per heavy atom. The molecule has 0 fully saturated rings. The van der Waals surface area contributed by atoms with E-state index in [1.54, 1.807) is 11.3 Å². The molecule has 0 bridgehead atoms. The molecule has 1 N–H and O–H groups in total. The van der Waals surface area contributed by atoms with Crippen molar-refractivity contribution in [3.05, 3.63) is 59.2 Å². The van der Waals surface area contributed by atoms with Crippen molar-refractivity contribution in [2.75, 3.05) is 26.0 Å². The van der Waals surface area contributed by atoms with Gasteiger partial charge < -0.3 is 15.0 Å². The number of nitrogens with one attached hydrogen (secondary N) is 1. The van der Waals surface area contributed by atoms with Crippen molar-refractivity contribution in [2.45, 2.75) is 26.2 Å². The van der Waals surface area contributed by atoms with Crippen molar-refractivity contribution in [3.8, 4) is 11.5 Å². The van der Waals surface area contributed by atoms with Crippen LogP contribution in [0.4, 0.5) is 10.9 Å². The molecule has 2 heterocycles. The van der Waals surface area contributed by atoms with Crippen LogP contribution in [0.2, 0.25) is 0 Å². The Hall–Kier alpha value is -2.44. The van der Waals surface area contributed by atoms with Crippen LogP contribution in [0.3, 0.4) is 0 Å². The highest BCUT2D eigenvalue weighted by atomic mass is 32.1. The number of hydrogen-bond donors (Lipinski definition) is 1. The zero-order valence-electron chi connectivity index (χ0n) is 16.1. The Balaban J connectivity index is 1.76. The lowest BCUT2D eigenvalue weighted by molar-refractivity contribution is 0.394. The first-order valence-corrected chi connectivity index (χ1v) is 10.0. The van der Waals surface area contributed by atoms with E-state index in [1.165, 1.54) is 12.0 Å². The molecule has 0 radical (unpaired) electrons. The van der Waals surface area contributed by atoms with Crippen molar-refractivity contribution in [1.29, 1.82) is 0 Å². The van der Waals surface area contributed by atoms with Crippen molar-refractivity contribution in [2.24, 2.45) is 0 Å². The van der Waals surface area contributed by atoms with Gasteiger partial charge in [0.2, 0.25) is 0 Å². The second-order valence-electron chi connectivity index (χ2n) is 6.78. The molecular formula is C21H26N4OS. The molecule has 5 nitrogen and oxygen atoms in total. The number of rotatable bonds is 9. The van der Waals surface area contributed by atoms with Gasteiger partial charge >= 0.3 is 0 Å². The summed E-state index contributed by atoms with van der Waals surface area (Å²) in [5.41, 5.74) is 2.17. The maximum atomic E-state index is 6.12. The minimum Gasteiger partial charge on any atom is -0.453 e. The molecule has 142 valence electrons. The van der Waals surface area contributed by atoms with Crippen LogP contribution in [0.5, 0.6) is 11.5 Å². The number of thiazole rings is 1. The zero-order valence-corrected chi connectivity index (χ0v) is 16.9. The highest BCUT2D eigenvalue weighted by Crippen LogP contribution is 2.32. The fourth-order valence-electron chi connectivity index (χ4n) is 2.68. The van der Waals surface area contributed by atoms with Crippen molar-refractivity contribution in [3.63, 3.8) is 0 Å². The average Bonchev–Trinajstić information content (AvgIpc) is 3.06. The minimum atomic E-state index is 0.685. The predicted molar refractivity (Wildman–Crippen MR) is 112 cm³/mol. The zero-order chi connectivity index (χ0) is 19.1. The number of aromatic nitrogens is 2. The molecule has 1 aromatic carbocycles. The summed E-state index contributed by atoms with van der Waals surface area (Å²) in [6.45, 7) is 3.08. The van der Waals surface area contributed by atoms with Gasteiger partial charge in [-0.25, -0.2) is 9.97 Å². The maximum absolute atomic E-state index is 6.12. The number of benzene rings is 1. The van der Waals surface area contributed by atoms with Crippen LogP contribution >= 0.6 is 11.3 Å². The van der Waals surface area contributed by atoms with E-state index in [4.69, 9.17) is 4.74 Å². The molecule has 3 rings (SSSR count). The third-order valence-corrected chi connectivity index (χ3v) is 4.92. The summed E-state index contributed by atoms with van der Waals surface area (Å²) < 4.78 is 6.12. The van der Waals surface area contributed by atoms with Crippen molar-refractivity contribution < 1.29 is 4.74 Å². The molecule has 0 saturated carbocycles. The SMILES string of the molecule is Cc1csc(Nc2ncc(CCCCN(C)C)cc2Oc2ccccc2)n1. The highest BCUT2D eigenvalue weighted by molar-refractivity contribution is 7.13. The molecule has 2 aromatic heterocycles. The summed E-state index contributed by atoms with van der Waals surface area (Å²) in [5, 5.41) is 6.12. The summed E-state index contributed by atoms with van der Waals surface area (Å²) in [6, 6.07) is 11.9. The van der Waals surface area contributed by atoms with Gasteiger partial charge in [0.1, 0.15) is 5.75 Å². The Kier molecular flexibility index (Phi) is 6.79. The van der Waals surface area contributed by atoms with Gasteiger partial charge in [0.15, 0.2) is 16.7 Å². The van der Waals surface area contributed by atoms with Crippen molar-refractivity contribution >= 4 is 22.3 Å². The van der Waals surface area contributed by atoms with E-state index in [1.807, 2.05) is 48.8 Å². The molecule has 0 saturated heterocycles.